The van der Waals surface area contributed by atoms with Crippen LogP contribution < -0.4 is 15.5 Å². The Hall–Kier alpha value is -3.07. The van der Waals surface area contributed by atoms with Crippen LogP contribution >= 0.6 is 0 Å². The van der Waals surface area contributed by atoms with Crippen molar-refractivity contribution in [2.75, 3.05) is 21.7 Å². The summed E-state index contributed by atoms with van der Waals surface area (Å²) in [7, 11) is -1.82. The molecule has 0 fully saturated rings. The molecule has 0 spiro atoms. The number of nitrogens with one attached hydrogen (secondary N) is 2. The summed E-state index contributed by atoms with van der Waals surface area (Å²) in [5.41, 5.74) is 2.20. The first-order chi connectivity index (χ1) is 15.8. The van der Waals surface area contributed by atoms with E-state index >= 15 is 0 Å². The van der Waals surface area contributed by atoms with E-state index in [0.717, 1.165) is 11.1 Å². The molecule has 184 valence electrons. The second kappa shape index (κ2) is 11.4. The summed E-state index contributed by atoms with van der Waals surface area (Å²) >= 11 is 0. The van der Waals surface area contributed by atoms with Crippen molar-refractivity contribution >= 4 is 39.9 Å². The number of amides is 3. The van der Waals surface area contributed by atoms with Crippen molar-refractivity contribution in [3.05, 3.63) is 59.4 Å². The first kappa shape index (κ1) is 27.2. The minimum atomic E-state index is -1.82. The zero-order chi connectivity index (χ0) is 25.6. The van der Waals surface area contributed by atoms with Gasteiger partial charge in [0.1, 0.15) is 23.4 Å². The molecule has 7 nitrogen and oxygen atoms in total. The maximum atomic E-state index is 13.3. The first-order valence-corrected chi connectivity index (χ1v) is 12.4. The van der Waals surface area contributed by atoms with Crippen molar-refractivity contribution in [1.82, 2.24) is 5.32 Å². The fraction of sp³-hybridized carbons (Fsp3) is 0.400. The molecule has 0 saturated carbocycles. The summed E-state index contributed by atoms with van der Waals surface area (Å²) in [4.78, 5) is 39.7. The van der Waals surface area contributed by atoms with Crippen LogP contribution in [-0.4, -0.2) is 45.0 Å². The van der Waals surface area contributed by atoms with Crippen LogP contribution in [0.4, 0.5) is 15.8 Å². The van der Waals surface area contributed by atoms with Crippen LogP contribution in [0.3, 0.4) is 0 Å². The molecule has 0 unspecified atom stereocenters. The Morgan fingerprint density at radius 3 is 2.21 bits per heavy atom. The molecule has 34 heavy (non-hydrogen) atoms. The van der Waals surface area contributed by atoms with Crippen molar-refractivity contribution in [2.24, 2.45) is 0 Å². The van der Waals surface area contributed by atoms with E-state index in [1.165, 1.54) is 29.2 Å². The van der Waals surface area contributed by atoms with Gasteiger partial charge in [-0.05, 0) is 77.4 Å². The molecule has 2 aromatic carbocycles. The lowest BCUT2D eigenvalue weighted by atomic mass is 10.1. The van der Waals surface area contributed by atoms with Gasteiger partial charge in [-0.1, -0.05) is 17.7 Å². The summed E-state index contributed by atoms with van der Waals surface area (Å²) in [6.45, 7) is 10.9. The van der Waals surface area contributed by atoms with Crippen LogP contribution in [-0.2, 0) is 25.2 Å². The second-order valence-electron chi connectivity index (χ2n) is 9.25. The number of nitrogens with zero attached hydrogens (tertiary/aromatic N) is 1. The molecule has 0 aliphatic carbocycles. The molecular weight excluding hydrogens is 457 g/mol. The highest BCUT2D eigenvalue weighted by atomic mass is 32.2. The highest BCUT2D eigenvalue weighted by Crippen LogP contribution is 2.24. The average molecular weight is 490 g/mol. The van der Waals surface area contributed by atoms with Gasteiger partial charge in [0.15, 0.2) is 0 Å². The third-order valence-electron chi connectivity index (χ3n) is 4.85. The van der Waals surface area contributed by atoms with Crippen LogP contribution in [0.2, 0.25) is 0 Å². The number of carbonyl (C=O) groups is 3. The Kier molecular flexibility index (Phi) is 9.09. The number of anilines is 2. The molecule has 0 saturated heterocycles. The fourth-order valence-electron chi connectivity index (χ4n) is 3.36. The van der Waals surface area contributed by atoms with E-state index in [2.05, 4.69) is 10.6 Å². The van der Waals surface area contributed by atoms with Crippen LogP contribution in [0.5, 0.6) is 0 Å². The summed E-state index contributed by atoms with van der Waals surface area (Å²) < 4.78 is 25.7. The van der Waals surface area contributed by atoms with Gasteiger partial charge in [0, 0.05) is 27.7 Å². The third kappa shape index (κ3) is 8.06. The summed E-state index contributed by atoms with van der Waals surface area (Å²) in [5.74, 6) is -2.72. The van der Waals surface area contributed by atoms with E-state index in [4.69, 9.17) is 0 Å². The SMILES string of the molecule is Cc1ccc(N(C(=O)C[S@](=O)CC(=O)Nc2ccc(F)cc2)[C@H](C)C(=O)NC(C)(C)C)c(C)c1. The third-order valence-corrected chi connectivity index (χ3v) is 6.00. The maximum Gasteiger partial charge on any atom is 0.243 e. The Balaban J connectivity index is 2.18. The molecule has 2 N–H and O–H groups in total. The molecule has 9 heteroatoms. The van der Waals surface area contributed by atoms with Crippen LogP contribution in [0.1, 0.15) is 38.8 Å². The Morgan fingerprint density at radius 2 is 1.65 bits per heavy atom. The molecule has 2 atom stereocenters. The molecule has 3 amide bonds. The predicted molar refractivity (Wildman–Crippen MR) is 134 cm³/mol. The number of halogens is 1. The van der Waals surface area contributed by atoms with Crippen molar-refractivity contribution in [3.8, 4) is 0 Å². The van der Waals surface area contributed by atoms with Gasteiger partial charge in [-0.3, -0.25) is 23.5 Å². The fourth-order valence-corrected chi connectivity index (χ4v) is 4.24. The number of hydrogen-bond acceptors (Lipinski definition) is 4. The standard InChI is InChI=1S/C25H32FN3O4S/c1-16-7-12-21(17(2)13-16)29(18(3)24(32)28-25(4,5)6)23(31)15-34(33)14-22(30)27-20-10-8-19(26)9-11-20/h7-13,18H,14-15H2,1-6H3,(H,27,30)(H,28,32)/t18-,34-/m1/s1. The van der Waals surface area contributed by atoms with Gasteiger partial charge in [0.2, 0.25) is 17.7 Å². The highest BCUT2D eigenvalue weighted by molar-refractivity contribution is 7.86. The lowest BCUT2D eigenvalue weighted by molar-refractivity contribution is -0.126. The van der Waals surface area contributed by atoms with Gasteiger partial charge in [-0.15, -0.1) is 0 Å². The van der Waals surface area contributed by atoms with Gasteiger partial charge >= 0.3 is 0 Å². The minimum Gasteiger partial charge on any atom is -0.350 e. The zero-order valence-corrected chi connectivity index (χ0v) is 21.2. The lowest BCUT2D eigenvalue weighted by Gasteiger charge is -2.32. The first-order valence-electron chi connectivity index (χ1n) is 10.9. The van der Waals surface area contributed by atoms with E-state index in [1.54, 1.807) is 13.0 Å². The molecule has 0 aromatic heterocycles. The normalized spacial score (nSPS) is 13.0. The molecule has 0 aliphatic heterocycles. The molecule has 0 radical (unpaired) electrons. The molecular formula is C25H32FN3O4S. The maximum absolute atomic E-state index is 13.3. The number of benzene rings is 2. The predicted octanol–water partition coefficient (Wildman–Crippen LogP) is 3.47. The van der Waals surface area contributed by atoms with Gasteiger partial charge < -0.3 is 10.6 Å². The molecule has 0 aliphatic rings. The highest BCUT2D eigenvalue weighted by Gasteiger charge is 2.31. The average Bonchev–Trinajstić information content (AvgIpc) is 2.70. The van der Waals surface area contributed by atoms with Crippen molar-refractivity contribution in [1.29, 1.82) is 0 Å². The van der Waals surface area contributed by atoms with Crippen LogP contribution in [0, 0.1) is 19.7 Å². The van der Waals surface area contributed by atoms with Crippen molar-refractivity contribution in [3.63, 3.8) is 0 Å². The molecule has 0 heterocycles. The number of aryl methyl sites for hydroxylation is 2. The molecule has 2 aromatic rings. The second-order valence-corrected chi connectivity index (χ2v) is 10.7. The van der Waals surface area contributed by atoms with Gasteiger partial charge in [-0.2, -0.15) is 0 Å². The van der Waals surface area contributed by atoms with E-state index in [1.807, 2.05) is 46.8 Å². The summed E-state index contributed by atoms with van der Waals surface area (Å²) in [6.07, 6.45) is 0. The monoisotopic (exact) mass is 489 g/mol. The van der Waals surface area contributed by atoms with Gasteiger partial charge in [0.25, 0.3) is 0 Å². The topological polar surface area (TPSA) is 95.6 Å². The number of carbonyl (C=O) groups excluding carboxylic acids is 3. The van der Waals surface area contributed by atoms with Crippen molar-refractivity contribution < 1.29 is 23.0 Å². The Bertz CT molecular complexity index is 1080. The van der Waals surface area contributed by atoms with E-state index in [-0.39, 0.29) is 5.91 Å². The quantitative estimate of drug-likeness (QED) is 0.594. The molecule has 2 rings (SSSR count). The number of rotatable bonds is 8. The zero-order valence-electron chi connectivity index (χ0n) is 20.4. The van der Waals surface area contributed by atoms with Crippen LogP contribution in [0.25, 0.3) is 0 Å². The van der Waals surface area contributed by atoms with Gasteiger partial charge in [-0.25, -0.2) is 4.39 Å². The summed E-state index contributed by atoms with van der Waals surface area (Å²) in [6, 6.07) is 9.80. The van der Waals surface area contributed by atoms with Crippen LogP contribution in [0.15, 0.2) is 42.5 Å². The Labute approximate surface area is 202 Å². The smallest absolute Gasteiger partial charge is 0.243 e. The largest absolute Gasteiger partial charge is 0.350 e. The van der Waals surface area contributed by atoms with E-state index in [0.29, 0.717) is 11.4 Å². The Morgan fingerprint density at radius 1 is 1.03 bits per heavy atom. The van der Waals surface area contributed by atoms with Gasteiger partial charge in [0.05, 0.1) is 0 Å². The number of hydrogen-bond donors (Lipinski definition) is 2. The van der Waals surface area contributed by atoms with E-state index in [9.17, 15) is 23.0 Å². The summed E-state index contributed by atoms with van der Waals surface area (Å²) in [5, 5.41) is 5.40. The molecule has 0 bridgehead atoms. The van der Waals surface area contributed by atoms with E-state index < -0.39 is 51.5 Å². The minimum absolute atomic E-state index is 0.347. The lowest BCUT2D eigenvalue weighted by Crippen LogP contribution is -2.54. The van der Waals surface area contributed by atoms with Crippen molar-refractivity contribution in [2.45, 2.75) is 53.1 Å².